The van der Waals surface area contributed by atoms with Crippen LogP contribution in [0.1, 0.15) is 26.3 Å². The summed E-state index contributed by atoms with van der Waals surface area (Å²) in [5, 5.41) is 1.80. The van der Waals surface area contributed by atoms with E-state index in [1.165, 1.54) is 18.2 Å². The van der Waals surface area contributed by atoms with Crippen LogP contribution >= 0.6 is 0 Å². The Kier molecular flexibility index (Phi) is 4.26. The van der Waals surface area contributed by atoms with Crippen LogP contribution in [0.2, 0.25) is 0 Å². The van der Waals surface area contributed by atoms with Crippen molar-refractivity contribution in [2.75, 3.05) is 5.32 Å². The lowest BCUT2D eigenvalue weighted by Crippen LogP contribution is -2.29. The summed E-state index contributed by atoms with van der Waals surface area (Å²) in [7, 11) is 0. The molecule has 2 aromatic carbocycles. The van der Waals surface area contributed by atoms with E-state index in [1.807, 2.05) is 24.3 Å². The number of aromatic nitrogens is 1. The van der Waals surface area contributed by atoms with Crippen molar-refractivity contribution in [3.8, 4) is 11.5 Å². The molecule has 0 spiro atoms. The van der Waals surface area contributed by atoms with E-state index in [-0.39, 0.29) is 11.1 Å². The zero-order valence-corrected chi connectivity index (χ0v) is 14.4. The highest BCUT2D eigenvalue weighted by Gasteiger charge is 2.38. The fourth-order valence-electron chi connectivity index (χ4n) is 2.44. The van der Waals surface area contributed by atoms with Gasteiger partial charge in [0.2, 0.25) is 5.89 Å². The minimum absolute atomic E-state index is 0.00870. The predicted octanol–water partition coefficient (Wildman–Crippen LogP) is 5.29. The van der Waals surface area contributed by atoms with Gasteiger partial charge in [-0.25, -0.2) is 4.98 Å². The van der Waals surface area contributed by atoms with Crippen LogP contribution in [-0.2, 0) is 10.2 Å². The summed E-state index contributed by atoms with van der Waals surface area (Å²) in [5.41, 5.74) is 2.71. The number of carbonyl (C=O) groups excluding carboxylic acids is 1. The van der Waals surface area contributed by atoms with Gasteiger partial charge in [0, 0.05) is 17.3 Å². The van der Waals surface area contributed by atoms with Gasteiger partial charge in [0.1, 0.15) is 5.52 Å². The van der Waals surface area contributed by atoms with E-state index in [0.29, 0.717) is 17.0 Å². The van der Waals surface area contributed by atoms with Gasteiger partial charge in [-0.2, -0.15) is 13.2 Å². The van der Waals surface area contributed by atoms with Crippen molar-refractivity contribution in [1.82, 2.24) is 4.98 Å². The van der Waals surface area contributed by atoms with Gasteiger partial charge >= 0.3 is 12.1 Å². The lowest BCUT2D eigenvalue weighted by Gasteiger charge is -2.18. The summed E-state index contributed by atoms with van der Waals surface area (Å²) < 4.78 is 42.7. The molecule has 1 amide bonds. The Bertz CT molecular complexity index is 952. The first-order chi connectivity index (χ1) is 12.0. The molecule has 7 heteroatoms. The number of oxazole rings is 1. The Morgan fingerprint density at radius 1 is 1.04 bits per heavy atom. The van der Waals surface area contributed by atoms with Crippen LogP contribution in [0.5, 0.6) is 0 Å². The zero-order valence-electron chi connectivity index (χ0n) is 14.4. The Balaban J connectivity index is 1.89. The minimum atomic E-state index is -4.95. The van der Waals surface area contributed by atoms with Crippen molar-refractivity contribution >= 4 is 22.7 Å². The molecule has 0 saturated carbocycles. The van der Waals surface area contributed by atoms with Gasteiger partial charge in [-0.1, -0.05) is 32.9 Å². The van der Waals surface area contributed by atoms with E-state index in [4.69, 9.17) is 4.42 Å². The van der Waals surface area contributed by atoms with E-state index in [9.17, 15) is 18.0 Å². The molecule has 0 radical (unpaired) electrons. The van der Waals surface area contributed by atoms with Crippen molar-refractivity contribution in [3.05, 3.63) is 48.0 Å². The standard InChI is InChI=1S/C19H17F3N2O2/c1-18(2,3)12-6-4-11(5-7-12)16-24-14-9-8-13(10-15(14)26-16)23-17(25)19(20,21)22/h4-10H,1-3H3,(H,23,25). The Labute approximate surface area is 148 Å². The number of nitrogens with zero attached hydrogens (tertiary/aromatic N) is 1. The van der Waals surface area contributed by atoms with E-state index in [2.05, 4.69) is 25.8 Å². The molecule has 0 aliphatic carbocycles. The number of rotatable bonds is 2. The van der Waals surface area contributed by atoms with E-state index in [1.54, 1.807) is 5.32 Å². The zero-order chi connectivity index (χ0) is 19.1. The average Bonchev–Trinajstić information content (AvgIpc) is 2.96. The second-order valence-electron chi connectivity index (χ2n) is 6.98. The van der Waals surface area contributed by atoms with Crippen LogP contribution in [0.25, 0.3) is 22.6 Å². The molecule has 0 atom stereocenters. The molecular weight excluding hydrogens is 345 g/mol. The number of anilines is 1. The largest absolute Gasteiger partial charge is 0.471 e. The summed E-state index contributed by atoms with van der Waals surface area (Å²) in [6.45, 7) is 6.33. The van der Waals surface area contributed by atoms with Crippen LogP contribution in [0, 0.1) is 0 Å². The fourth-order valence-corrected chi connectivity index (χ4v) is 2.44. The molecule has 1 aromatic heterocycles. The number of hydrogen-bond donors (Lipinski definition) is 1. The van der Waals surface area contributed by atoms with Crippen molar-refractivity contribution in [2.24, 2.45) is 0 Å². The lowest BCUT2D eigenvalue weighted by atomic mass is 9.87. The number of hydrogen-bond acceptors (Lipinski definition) is 3. The third-order valence-electron chi connectivity index (χ3n) is 3.90. The summed E-state index contributed by atoms with van der Waals surface area (Å²) >= 11 is 0. The predicted molar refractivity (Wildman–Crippen MR) is 92.8 cm³/mol. The molecule has 0 bridgehead atoms. The second kappa shape index (κ2) is 6.16. The maximum absolute atomic E-state index is 12.3. The molecule has 0 aliphatic rings. The Morgan fingerprint density at radius 3 is 2.27 bits per heavy atom. The highest BCUT2D eigenvalue weighted by atomic mass is 19.4. The van der Waals surface area contributed by atoms with Crippen LogP contribution in [0.15, 0.2) is 46.9 Å². The van der Waals surface area contributed by atoms with Gasteiger partial charge in [-0.3, -0.25) is 4.79 Å². The van der Waals surface area contributed by atoms with Gasteiger partial charge in [0.15, 0.2) is 5.58 Å². The van der Waals surface area contributed by atoms with Crippen LogP contribution in [0.3, 0.4) is 0 Å². The molecule has 1 heterocycles. The number of carbonyl (C=O) groups is 1. The summed E-state index contributed by atoms with van der Waals surface area (Å²) in [6, 6.07) is 11.9. The SMILES string of the molecule is CC(C)(C)c1ccc(-c2nc3ccc(NC(=O)C(F)(F)F)cc3o2)cc1. The van der Waals surface area contributed by atoms with Crippen LogP contribution in [-0.4, -0.2) is 17.1 Å². The third-order valence-corrected chi connectivity index (χ3v) is 3.90. The molecule has 0 aliphatic heterocycles. The van der Waals surface area contributed by atoms with Crippen molar-refractivity contribution < 1.29 is 22.4 Å². The molecule has 1 N–H and O–H groups in total. The Morgan fingerprint density at radius 2 is 1.69 bits per heavy atom. The van der Waals surface area contributed by atoms with Crippen LogP contribution < -0.4 is 5.32 Å². The first-order valence-electron chi connectivity index (χ1n) is 7.94. The normalized spacial score (nSPS) is 12.4. The maximum atomic E-state index is 12.3. The molecule has 0 unspecified atom stereocenters. The maximum Gasteiger partial charge on any atom is 0.471 e. The first-order valence-corrected chi connectivity index (χ1v) is 7.94. The second-order valence-corrected chi connectivity index (χ2v) is 6.98. The van der Waals surface area contributed by atoms with Crippen molar-refractivity contribution in [3.63, 3.8) is 0 Å². The molecule has 4 nitrogen and oxygen atoms in total. The number of fused-ring (bicyclic) bond motifs is 1. The number of amides is 1. The topological polar surface area (TPSA) is 55.1 Å². The van der Waals surface area contributed by atoms with Gasteiger partial charge in [-0.15, -0.1) is 0 Å². The molecular formula is C19H17F3N2O2. The van der Waals surface area contributed by atoms with Gasteiger partial charge in [0.05, 0.1) is 0 Å². The molecule has 3 rings (SSSR count). The van der Waals surface area contributed by atoms with Crippen molar-refractivity contribution in [1.29, 1.82) is 0 Å². The number of alkyl halides is 3. The lowest BCUT2D eigenvalue weighted by molar-refractivity contribution is -0.167. The minimum Gasteiger partial charge on any atom is -0.436 e. The molecule has 136 valence electrons. The van der Waals surface area contributed by atoms with Crippen LogP contribution in [0.4, 0.5) is 18.9 Å². The molecule has 0 saturated heterocycles. The van der Waals surface area contributed by atoms with Gasteiger partial charge in [0.25, 0.3) is 0 Å². The summed E-state index contributed by atoms with van der Waals surface area (Å²) in [6.07, 6.45) is -4.95. The number of halogens is 3. The quantitative estimate of drug-likeness (QED) is 0.674. The monoisotopic (exact) mass is 362 g/mol. The molecule has 3 aromatic rings. The summed E-state index contributed by atoms with van der Waals surface area (Å²) in [5.74, 6) is -1.67. The number of nitrogens with one attached hydrogen (secondary N) is 1. The first kappa shape index (κ1) is 18.0. The molecule has 0 fully saturated rings. The highest BCUT2D eigenvalue weighted by molar-refractivity contribution is 5.96. The Hall–Kier alpha value is -2.83. The van der Waals surface area contributed by atoms with E-state index in [0.717, 1.165) is 11.1 Å². The smallest absolute Gasteiger partial charge is 0.436 e. The van der Waals surface area contributed by atoms with Gasteiger partial charge < -0.3 is 9.73 Å². The highest BCUT2D eigenvalue weighted by Crippen LogP contribution is 2.29. The fraction of sp³-hybridized carbons (Fsp3) is 0.263. The van der Waals surface area contributed by atoms with E-state index < -0.39 is 12.1 Å². The van der Waals surface area contributed by atoms with Crippen molar-refractivity contribution in [2.45, 2.75) is 32.4 Å². The average molecular weight is 362 g/mol. The number of benzene rings is 2. The third kappa shape index (κ3) is 3.71. The molecule has 26 heavy (non-hydrogen) atoms. The summed E-state index contributed by atoms with van der Waals surface area (Å²) in [4.78, 5) is 15.4. The van der Waals surface area contributed by atoms with Gasteiger partial charge in [-0.05, 0) is 35.2 Å². The van der Waals surface area contributed by atoms with E-state index >= 15 is 0 Å².